The molecule has 0 spiro atoms. The second-order valence-corrected chi connectivity index (χ2v) is 4.48. The van der Waals surface area contributed by atoms with Gasteiger partial charge in [0.25, 0.3) is 0 Å². The molecular weight excluding hydrogens is 203 g/mol. The summed E-state index contributed by atoms with van der Waals surface area (Å²) in [5.74, 6) is 1.22. The standard InChI is InChI=1S/C13H15FN2/c14-10-5-4-9-2-1-3-11(12(9)8-10)13-15-6-7-16-13/h4-5,8,11H,1-3,6-7H2,(H,15,16). The number of amidine groups is 1. The first-order chi connectivity index (χ1) is 7.84. The van der Waals surface area contributed by atoms with Crippen LogP contribution < -0.4 is 5.32 Å². The van der Waals surface area contributed by atoms with Gasteiger partial charge in [-0.1, -0.05) is 6.07 Å². The van der Waals surface area contributed by atoms with E-state index in [1.807, 2.05) is 6.07 Å². The van der Waals surface area contributed by atoms with E-state index in [9.17, 15) is 4.39 Å². The second-order valence-electron chi connectivity index (χ2n) is 4.48. The summed E-state index contributed by atoms with van der Waals surface area (Å²) in [4.78, 5) is 4.47. The van der Waals surface area contributed by atoms with Crippen LogP contribution in [-0.2, 0) is 6.42 Å². The molecule has 2 nitrogen and oxygen atoms in total. The molecule has 0 saturated heterocycles. The molecule has 1 heterocycles. The Morgan fingerprint density at radius 3 is 3.12 bits per heavy atom. The zero-order valence-corrected chi connectivity index (χ0v) is 9.17. The summed E-state index contributed by atoms with van der Waals surface area (Å²) in [5, 5.41) is 3.31. The number of benzene rings is 1. The average molecular weight is 218 g/mol. The van der Waals surface area contributed by atoms with Crippen molar-refractivity contribution in [3.05, 3.63) is 35.1 Å². The van der Waals surface area contributed by atoms with Gasteiger partial charge in [-0.25, -0.2) is 4.39 Å². The number of nitrogens with one attached hydrogen (secondary N) is 1. The number of fused-ring (bicyclic) bond motifs is 1. The summed E-state index contributed by atoms with van der Waals surface area (Å²) in [6, 6.07) is 5.17. The van der Waals surface area contributed by atoms with Crippen molar-refractivity contribution < 1.29 is 4.39 Å². The molecule has 0 aromatic heterocycles. The van der Waals surface area contributed by atoms with Gasteiger partial charge in [0, 0.05) is 12.5 Å². The fraction of sp³-hybridized carbons (Fsp3) is 0.462. The van der Waals surface area contributed by atoms with Gasteiger partial charge < -0.3 is 5.32 Å². The molecule has 84 valence electrons. The van der Waals surface area contributed by atoms with Gasteiger partial charge in [-0.15, -0.1) is 0 Å². The molecule has 1 aromatic rings. The van der Waals surface area contributed by atoms with Crippen LogP contribution in [0.1, 0.15) is 29.9 Å². The van der Waals surface area contributed by atoms with Crippen LogP contribution >= 0.6 is 0 Å². The molecule has 1 atom stereocenters. The molecule has 16 heavy (non-hydrogen) atoms. The molecule has 1 aliphatic heterocycles. The third kappa shape index (κ3) is 1.60. The molecule has 0 fully saturated rings. The molecular formula is C13H15FN2. The van der Waals surface area contributed by atoms with E-state index in [0.717, 1.165) is 37.3 Å². The highest BCUT2D eigenvalue weighted by atomic mass is 19.1. The fourth-order valence-electron chi connectivity index (χ4n) is 2.70. The number of nitrogens with zero attached hydrogens (tertiary/aromatic N) is 1. The van der Waals surface area contributed by atoms with Gasteiger partial charge in [-0.3, -0.25) is 4.99 Å². The largest absolute Gasteiger partial charge is 0.371 e. The van der Waals surface area contributed by atoms with E-state index in [4.69, 9.17) is 0 Å². The lowest BCUT2D eigenvalue weighted by atomic mass is 9.82. The Kier molecular flexibility index (Phi) is 2.39. The first kappa shape index (κ1) is 9.82. The summed E-state index contributed by atoms with van der Waals surface area (Å²) in [7, 11) is 0. The van der Waals surface area contributed by atoms with Gasteiger partial charge in [0.1, 0.15) is 11.7 Å². The van der Waals surface area contributed by atoms with Crippen LogP contribution in [0.15, 0.2) is 23.2 Å². The smallest absolute Gasteiger partial charge is 0.123 e. The first-order valence-corrected chi connectivity index (χ1v) is 5.91. The minimum Gasteiger partial charge on any atom is -0.371 e. The van der Waals surface area contributed by atoms with E-state index in [0.29, 0.717) is 5.92 Å². The van der Waals surface area contributed by atoms with Crippen molar-refractivity contribution in [1.82, 2.24) is 5.32 Å². The van der Waals surface area contributed by atoms with Crippen molar-refractivity contribution in [3.63, 3.8) is 0 Å². The maximum Gasteiger partial charge on any atom is 0.123 e. The molecule has 1 aliphatic carbocycles. The van der Waals surface area contributed by atoms with E-state index in [1.165, 1.54) is 12.0 Å². The first-order valence-electron chi connectivity index (χ1n) is 5.91. The molecule has 3 rings (SSSR count). The van der Waals surface area contributed by atoms with E-state index in [-0.39, 0.29) is 5.82 Å². The maximum absolute atomic E-state index is 13.3. The topological polar surface area (TPSA) is 24.4 Å². The summed E-state index contributed by atoms with van der Waals surface area (Å²) < 4.78 is 13.3. The molecule has 1 N–H and O–H groups in total. The Hall–Kier alpha value is -1.38. The summed E-state index contributed by atoms with van der Waals surface area (Å²) >= 11 is 0. The third-order valence-corrected chi connectivity index (χ3v) is 3.45. The van der Waals surface area contributed by atoms with E-state index in [2.05, 4.69) is 10.3 Å². The fourth-order valence-corrected chi connectivity index (χ4v) is 2.70. The summed E-state index contributed by atoms with van der Waals surface area (Å²) in [5.41, 5.74) is 2.42. The molecule has 1 unspecified atom stereocenters. The Morgan fingerprint density at radius 1 is 1.38 bits per heavy atom. The number of hydrogen-bond acceptors (Lipinski definition) is 2. The predicted octanol–water partition coefficient (Wildman–Crippen LogP) is 2.25. The highest BCUT2D eigenvalue weighted by molar-refractivity contribution is 5.90. The Balaban J connectivity index is 2.01. The summed E-state index contributed by atoms with van der Waals surface area (Å²) in [6.45, 7) is 1.78. The molecule has 0 radical (unpaired) electrons. The van der Waals surface area contributed by atoms with Gasteiger partial charge in [0.2, 0.25) is 0 Å². The van der Waals surface area contributed by atoms with E-state index in [1.54, 1.807) is 12.1 Å². The lowest BCUT2D eigenvalue weighted by Crippen LogP contribution is -2.28. The van der Waals surface area contributed by atoms with E-state index < -0.39 is 0 Å². The Morgan fingerprint density at radius 2 is 2.31 bits per heavy atom. The Bertz CT molecular complexity index is 440. The van der Waals surface area contributed by atoms with Crippen LogP contribution in [0.3, 0.4) is 0 Å². The van der Waals surface area contributed by atoms with Crippen LogP contribution in [-0.4, -0.2) is 18.9 Å². The number of rotatable bonds is 1. The molecule has 0 saturated carbocycles. The van der Waals surface area contributed by atoms with Crippen molar-refractivity contribution in [3.8, 4) is 0 Å². The van der Waals surface area contributed by atoms with Gasteiger partial charge in [0.15, 0.2) is 0 Å². The lowest BCUT2D eigenvalue weighted by molar-refractivity contribution is 0.602. The van der Waals surface area contributed by atoms with Crippen LogP contribution in [0.25, 0.3) is 0 Å². The number of aryl methyl sites for hydroxylation is 1. The van der Waals surface area contributed by atoms with Crippen LogP contribution in [0.4, 0.5) is 4.39 Å². The number of hydrogen-bond donors (Lipinski definition) is 1. The lowest BCUT2D eigenvalue weighted by Gasteiger charge is -2.25. The van der Waals surface area contributed by atoms with Gasteiger partial charge in [-0.05, 0) is 42.5 Å². The summed E-state index contributed by atoms with van der Waals surface area (Å²) in [6.07, 6.45) is 3.33. The van der Waals surface area contributed by atoms with Crippen molar-refractivity contribution >= 4 is 5.84 Å². The average Bonchev–Trinajstić information content (AvgIpc) is 2.81. The van der Waals surface area contributed by atoms with Crippen molar-refractivity contribution in [2.45, 2.75) is 25.2 Å². The highest BCUT2D eigenvalue weighted by Crippen LogP contribution is 2.33. The molecule has 0 bridgehead atoms. The monoisotopic (exact) mass is 218 g/mol. The second kappa shape index (κ2) is 3.89. The van der Waals surface area contributed by atoms with Gasteiger partial charge >= 0.3 is 0 Å². The minimum atomic E-state index is -0.135. The van der Waals surface area contributed by atoms with Crippen LogP contribution in [0, 0.1) is 5.82 Å². The molecule has 2 aliphatic rings. The van der Waals surface area contributed by atoms with Crippen molar-refractivity contribution in [2.75, 3.05) is 13.1 Å². The zero-order chi connectivity index (χ0) is 11.0. The molecule has 3 heteroatoms. The van der Waals surface area contributed by atoms with Crippen molar-refractivity contribution in [2.24, 2.45) is 4.99 Å². The van der Waals surface area contributed by atoms with Gasteiger partial charge in [0.05, 0.1) is 6.54 Å². The molecule has 0 amide bonds. The highest BCUT2D eigenvalue weighted by Gasteiger charge is 2.26. The Labute approximate surface area is 94.6 Å². The maximum atomic E-state index is 13.3. The SMILES string of the molecule is Fc1ccc2c(c1)C(C1=NCCN1)CCC2. The third-order valence-electron chi connectivity index (χ3n) is 3.45. The number of aliphatic imine (C=N–C) groups is 1. The predicted molar refractivity (Wildman–Crippen MR) is 62.4 cm³/mol. The molecule has 1 aromatic carbocycles. The van der Waals surface area contributed by atoms with Crippen LogP contribution in [0.5, 0.6) is 0 Å². The van der Waals surface area contributed by atoms with E-state index >= 15 is 0 Å². The van der Waals surface area contributed by atoms with Gasteiger partial charge in [-0.2, -0.15) is 0 Å². The van der Waals surface area contributed by atoms with Crippen LogP contribution in [0.2, 0.25) is 0 Å². The minimum absolute atomic E-state index is 0.135. The normalized spacial score (nSPS) is 23.6. The zero-order valence-electron chi connectivity index (χ0n) is 9.17. The number of halogens is 1. The quantitative estimate of drug-likeness (QED) is 0.768. The van der Waals surface area contributed by atoms with Crippen molar-refractivity contribution in [1.29, 1.82) is 0 Å².